The summed E-state index contributed by atoms with van der Waals surface area (Å²) in [4.78, 5) is 0. The second-order valence-electron chi connectivity index (χ2n) is 4.92. The number of hydrogen-bond acceptors (Lipinski definition) is 1. The van der Waals surface area contributed by atoms with Gasteiger partial charge in [-0.15, -0.1) is 0 Å². The normalized spacial score (nSPS) is 12.4. The second-order valence-corrected chi connectivity index (χ2v) is 4.92. The van der Waals surface area contributed by atoms with Gasteiger partial charge in [-0.25, -0.2) is 0 Å². The fourth-order valence-electron chi connectivity index (χ4n) is 2.29. The molecule has 0 aromatic heterocycles. The zero-order valence-corrected chi connectivity index (χ0v) is 11.2. The zero-order valence-electron chi connectivity index (χ0n) is 11.2. The van der Waals surface area contributed by atoms with Crippen molar-refractivity contribution in [1.82, 2.24) is 0 Å². The second kappa shape index (κ2) is 5.83. The Morgan fingerprint density at radius 2 is 1.78 bits per heavy atom. The molecule has 0 saturated carbocycles. The molecule has 94 valence electrons. The van der Waals surface area contributed by atoms with Gasteiger partial charge in [0.25, 0.3) is 0 Å². The Balaban J connectivity index is 2.39. The van der Waals surface area contributed by atoms with Gasteiger partial charge in [0, 0.05) is 0 Å². The minimum absolute atomic E-state index is 0.526. The first-order chi connectivity index (χ1) is 8.72. The molecule has 1 atom stereocenters. The molecule has 0 bridgehead atoms. The number of benzene rings is 2. The lowest BCUT2D eigenvalue weighted by Gasteiger charge is -2.14. The van der Waals surface area contributed by atoms with Crippen LogP contribution in [0, 0.1) is 6.92 Å². The highest BCUT2D eigenvalue weighted by atomic mass is 14.5. The molecule has 0 spiro atoms. The van der Waals surface area contributed by atoms with Gasteiger partial charge in [-0.2, -0.15) is 0 Å². The number of nitrogens with two attached hydrogens (primary N) is 1. The molecule has 2 rings (SSSR count). The SMILES string of the molecule is Cc1ccc(C(C)CCN)cc1-c1ccccc1. The molecule has 18 heavy (non-hydrogen) atoms. The molecule has 0 aliphatic heterocycles. The van der Waals surface area contributed by atoms with E-state index in [1.165, 1.54) is 22.3 Å². The average molecular weight is 239 g/mol. The van der Waals surface area contributed by atoms with Gasteiger partial charge in [0.1, 0.15) is 0 Å². The molecule has 0 heterocycles. The summed E-state index contributed by atoms with van der Waals surface area (Å²) < 4.78 is 0. The molecule has 0 fully saturated rings. The Morgan fingerprint density at radius 3 is 2.44 bits per heavy atom. The van der Waals surface area contributed by atoms with E-state index in [1.807, 2.05) is 0 Å². The van der Waals surface area contributed by atoms with Gasteiger partial charge in [-0.05, 0) is 48.1 Å². The topological polar surface area (TPSA) is 26.0 Å². The summed E-state index contributed by atoms with van der Waals surface area (Å²) in [7, 11) is 0. The van der Waals surface area contributed by atoms with Crippen LogP contribution in [0.1, 0.15) is 30.4 Å². The van der Waals surface area contributed by atoms with Gasteiger partial charge >= 0.3 is 0 Å². The highest BCUT2D eigenvalue weighted by Crippen LogP contribution is 2.28. The first kappa shape index (κ1) is 12.8. The van der Waals surface area contributed by atoms with Crippen LogP contribution in [0.3, 0.4) is 0 Å². The van der Waals surface area contributed by atoms with Crippen molar-refractivity contribution in [3.63, 3.8) is 0 Å². The van der Waals surface area contributed by atoms with Gasteiger partial charge in [0.15, 0.2) is 0 Å². The molecule has 1 unspecified atom stereocenters. The average Bonchev–Trinajstić information content (AvgIpc) is 2.40. The smallest absolute Gasteiger partial charge is 0.00715 e. The predicted octanol–water partition coefficient (Wildman–Crippen LogP) is 4.11. The van der Waals surface area contributed by atoms with Crippen molar-refractivity contribution in [3.05, 3.63) is 59.7 Å². The lowest BCUT2D eigenvalue weighted by atomic mass is 9.91. The van der Waals surface area contributed by atoms with Gasteiger partial charge < -0.3 is 5.73 Å². The standard InChI is InChI=1S/C17H21N/c1-13(10-11-18)16-9-8-14(2)17(12-16)15-6-4-3-5-7-15/h3-9,12-13H,10-11,18H2,1-2H3. The third-order valence-corrected chi connectivity index (χ3v) is 3.52. The molecule has 0 aliphatic carbocycles. The Labute approximate surface area is 110 Å². The summed E-state index contributed by atoms with van der Waals surface area (Å²) in [5.74, 6) is 0.526. The summed E-state index contributed by atoms with van der Waals surface area (Å²) in [6.07, 6.45) is 1.04. The van der Waals surface area contributed by atoms with E-state index >= 15 is 0 Å². The molecular formula is C17H21N. The molecular weight excluding hydrogens is 218 g/mol. The highest BCUT2D eigenvalue weighted by Gasteiger charge is 2.08. The fraction of sp³-hybridized carbons (Fsp3) is 0.294. The van der Waals surface area contributed by atoms with Crippen molar-refractivity contribution in [3.8, 4) is 11.1 Å². The monoisotopic (exact) mass is 239 g/mol. The summed E-state index contributed by atoms with van der Waals surface area (Å²) in [6.45, 7) is 5.15. The van der Waals surface area contributed by atoms with Crippen molar-refractivity contribution in [1.29, 1.82) is 0 Å². The fourth-order valence-corrected chi connectivity index (χ4v) is 2.29. The van der Waals surface area contributed by atoms with Gasteiger partial charge in [-0.3, -0.25) is 0 Å². The van der Waals surface area contributed by atoms with E-state index < -0.39 is 0 Å². The van der Waals surface area contributed by atoms with Crippen LogP contribution in [0.15, 0.2) is 48.5 Å². The number of rotatable bonds is 4. The van der Waals surface area contributed by atoms with Crippen LogP contribution in [-0.2, 0) is 0 Å². The van der Waals surface area contributed by atoms with Gasteiger partial charge in [0.2, 0.25) is 0 Å². The Kier molecular flexibility index (Phi) is 4.16. The van der Waals surface area contributed by atoms with E-state index in [2.05, 4.69) is 62.4 Å². The van der Waals surface area contributed by atoms with E-state index in [4.69, 9.17) is 5.73 Å². The van der Waals surface area contributed by atoms with Gasteiger partial charge in [-0.1, -0.05) is 55.5 Å². The molecule has 0 radical (unpaired) electrons. The van der Waals surface area contributed by atoms with Crippen molar-refractivity contribution < 1.29 is 0 Å². The molecule has 2 aromatic carbocycles. The lowest BCUT2D eigenvalue weighted by molar-refractivity contribution is 0.690. The Bertz CT molecular complexity index is 502. The zero-order chi connectivity index (χ0) is 13.0. The molecule has 0 amide bonds. The first-order valence-electron chi connectivity index (χ1n) is 6.58. The van der Waals surface area contributed by atoms with Crippen LogP contribution in [0.5, 0.6) is 0 Å². The molecule has 0 aliphatic rings. The van der Waals surface area contributed by atoms with Crippen LogP contribution >= 0.6 is 0 Å². The van der Waals surface area contributed by atoms with E-state index in [0.29, 0.717) is 5.92 Å². The van der Waals surface area contributed by atoms with Crippen molar-refractivity contribution >= 4 is 0 Å². The summed E-state index contributed by atoms with van der Waals surface area (Å²) in [6, 6.07) is 17.3. The third kappa shape index (κ3) is 2.80. The van der Waals surface area contributed by atoms with Crippen LogP contribution in [0.2, 0.25) is 0 Å². The van der Waals surface area contributed by atoms with E-state index in [-0.39, 0.29) is 0 Å². The minimum Gasteiger partial charge on any atom is -0.330 e. The molecule has 1 heteroatoms. The third-order valence-electron chi connectivity index (χ3n) is 3.52. The van der Waals surface area contributed by atoms with E-state index in [9.17, 15) is 0 Å². The van der Waals surface area contributed by atoms with Crippen LogP contribution in [0.4, 0.5) is 0 Å². The lowest BCUT2D eigenvalue weighted by Crippen LogP contribution is -2.04. The number of hydrogen-bond donors (Lipinski definition) is 1. The van der Waals surface area contributed by atoms with Crippen LogP contribution in [0.25, 0.3) is 11.1 Å². The quantitative estimate of drug-likeness (QED) is 0.853. The number of aryl methyl sites for hydroxylation is 1. The highest BCUT2D eigenvalue weighted by molar-refractivity contribution is 5.68. The molecule has 2 N–H and O–H groups in total. The largest absolute Gasteiger partial charge is 0.330 e. The Morgan fingerprint density at radius 1 is 1.06 bits per heavy atom. The van der Waals surface area contributed by atoms with Crippen molar-refractivity contribution in [2.24, 2.45) is 5.73 Å². The summed E-state index contributed by atoms with van der Waals surface area (Å²) in [5, 5.41) is 0. The first-order valence-corrected chi connectivity index (χ1v) is 6.58. The van der Waals surface area contributed by atoms with E-state index in [0.717, 1.165) is 13.0 Å². The predicted molar refractivity (Wildman–Crippen MR) is 78.7 cm³/mol. The van der Waals surface area contributed by atoms with Crippen LogP contribution in [-0.4, -0.2) is 6.54 Å². The minimum atomic E-state index is 0.526. The maximum atomic E-state index is 5.65. The summed E-state index contributed by atoms with van der Waals surface area (Å²) >= 11 is 0. The molecule has 1 nitrogen and oxygen atoms in total. The maximum absolute atomic E-state index is 5.65. The molecule has 0 saturated heterocycles. The van der Waals surface area contributed by atoms with Crippen LogP contribution < -0.4 is 5.73 Å². The van der Waals surface area contributed by atoms with E-state index in [1.54, 1.807) is 0 Å². The van der Waals surface area contributed by atoms with Gasteiger partial charge in [0.05, 0.1) is 0 Å². The summed E-state index contributed by atoms with van der Waals surface area (Å²) in [5.41, 5.74) is 11.0. The maximum Gasteiger partial charge on any atom is -0.00715 e. The Hall–Kier alpha value is -1.60. The van der Waals surface area contributed by atoms with Crippen molar-refractivity contribution in [2.75, 3.05) is 6.54 Å². The molecule has 2 aromatic rings. The van der Waals surface area contributed by atoms with Crippen molar-refractivity contribution in [2.45, 2.75) is 26.2 Å².